The Morgan fingerprint density at radius 3 is 2.96 bits per heavy atom. The molecule has 7 nitrogen and oxygen atoms in total. The number of pyridine rings is 1. The molecule has 1 saturated heterocycles. The molecule has 7 heteroatoms. The Hall–Kier alpha value is -2.67. The van der Waals surface area contributed by atoms with Crippen LogP contribution >= 0.6 is 0 Å². The fourth-order valence-corrected chi connectivity index (χ4v) is 3.54. The average Bonchev–Trinajstić information content (AvgIpc) is 3.26. The number of aromatic amines is 1. The van der Waals surface area contributed by atoms with Gasteiger partial charge in [-0.1, -0.05) is 6.92 Å². The number of carbonyl (C=O) groups excluding carboxylic acids is 1. The minimum Gasteiger partial charge on any atom is -0.462 e. The molecule has 0 radical (unpaired) electrons. The molecule has 1 atom stereocenters. The third kappa shape index (κ3) is 2.78. The molecule has 0 saturated carbocycles. The van der Waals surface area contributed by atoms with Crippen LogP contribution in [0.3, 0.4) is 0 Å². The van der Waals surface area contributed by atoms with Gasteiger partial charge in [-0.25, -0.2) is 9.78 Å². The van der Waals surface area contributed by atoms with Gasteiger partial charge in [0.2, 0.25) is 0 Å². The topological polar surface area (TPSA) is 82.0 Å². The number of nitrogens with one attached hydrogen (secondary N) is 1. The second-order valence-corrected chi connectivity index (χ2v) is 6.49. The van der Waals surface area contributed by atoms with Gasteiger partial charge >= 0.3 is 5.97 Å². The van der Waals surface area contributed by atoms with Crippen LogP contribution in [0.1, 0.15) is 36.7 Å². The molecule has 1 aliphatic heterocycles. The number of H-pyrrole nitrogens is 1. The highest BCUT2D eigenvalue weighted by Crippen LogP contribution is 2.34. The molecule has 3 aromatic heterocycles. The highest BCUT2D eigenvalue weighted by atomic mass is 16.5. The van der Waals surface area contributed by atoms with Gasteiger partial charge in [0.25, 0.3) is 0 Å². The van der Waals surface area contributed by atoms with E-state index in [1.54, 1.807) is 13.1 Å². The van der Waals surface area contributed by atoms with E-state index in [1.807, 2.05) is 29.3 Å². The molecule has 1 N–H and O–H groups in total. The van der Waals surface area contributed by atoms with Gasteiger partial charge in [0.1, 0.15) is 5.65 Å². The minimum absolute atomic E-state index is 0.298. The van der Waals surface area contributed by atoms with Crippen molar-refractivity contribution in [2.45, 2.75) is 26.3 Å². The standard InChI is InChI=1S/C19H22N4O3/c1-3-16(13-10-25-11-13)23-9-12(7-22-23)17-14-5-6-20-18(14)21-8-15(17)19(24)26-4-2/h5-9,13,16H,3-4,10-11H2,1-2H3,(H,20,21). The SMILES string of the molecule is CCOC(=O)c1cnc2[nH]ccc2c1-c1cnn(C(CC)C2COC2)c1. The monoisotopic (exact) mass is 354 g/mol. The maximum Gasteiger partial charge on any atom is 0.340 e. The van der Waals surface area contributed by atoms with Crippen molar-refractivity contribution in [2.75, 3.05) is 19.8 Å². The van der Waals surface area contributed by atoms with Crippen molar-refractivity contribution in [3.63, 3.8) is 0 Å². The first-order chi connectivity index (χ1) is 12.7. The smallest absolute Gasteiger partial charge is 0.340 e. The fraction of sp³-hybridized carbons (Fsp3) is 0.421. The van der Waals surface area contributed by atoms with Gasteiger partial charge in [-0.05, 0) is 19.4 Å². The third-order valence-corrected chi connectivity index (χ3v) is 4.94. The zero-order valence-corrected chi connectivity index (χ0v) is 14.9. The average molecular weight is 354 g/mol. The van der Waals surface area contributed by atoms with E-state index in [0.29, 0.717) is 24.1 Å². The predicted molar refractivity (Wildman–Crippen MR) is 96.9 cm³/mol. The van der Waals surface area contributed by atoms with Crippen LogP contribution in [0.4, 0.5) is 0 Å². The number of hydrogen-bond donors (Lipinski definition) is 1. The van der Waals surface area contributed by atoms with Crippen molar-refractivity contribution >= 4 is 17.0 Å². The summed E-state index contributed by atoms with van der Waals surface area (Å²) in [6.07, 6.45) is 8.20. The molecule has 0 amide bonds. The van der Waals surface area contributed by atoms with Gasteiger partial charge in [0.05, 0.1) is 37.6 Å². The molecule has 0 aromatic carbocycles. The van der Waals surface area contributed by atoms with Gasteiger partial charge in [0.15, 0.2) is 0 Å². The first-order valence-corrected chi connectivity index (χ1v) is 8.98. The van der Waals surface area contributed by atoms with Crippen molar-refractivity contribution in [3.05, 3.63) is 36.4 Å². The Balaban J connectivity index is 1.79. The van der Waals surface area contributed by atoms with Gasteiger partial charge < -0.3 is 14.5 Å². The van der Waals surface area contributed by atoms with Gasteiger partial charge in [-0.15, -0.1) is 0 Å². The van der Waals surface area contributed by atoms with Crippen LogP contribution in [-0.2, 0) is 9.47 Å². The fourth-order valence-electron chi connectivity index (χ4n) is 3.54. The van der Waals surface area contributed by atoms with E-state index >= 15 is 0 Å². The summed E-state index contributed by atoms with van der Waals surface area (Å²) in [5.74, 6) is 0.118. The Kier molecular flexibility index (Phi) is 4.46. The summed E-state index contributed by atoms with van der Waals surface area (Å²) in [6.45, 7) is 5.83. The Morgan fingerprint density at radius 1 is 1.42 bits per heavy atom. The second-order valence-electron chi connectivity index (χ2n) is 6.49. The number of aromatic nitrogens is 4. The summed E-state index contributed by atoms with van der Waals surface area (Å²) in [7, 11) is 0. The summed E-state index contributed by atoms with van der Waals surface area (Å²) in [5, 5.41) is 5.47. The summed E-state index contributed by atoms with van der Waals surface area (Å²) in [4.78, 5) is 19.9. The summed E-state index contributed by atoms with van der Waals surface area (Å²) < 4.78 is 12.6. The molecule has 1 unspecified atom stereocenters. The molecular formula is C19H22N4O3. The zero-order valence-electron chi connectivity index (χ0n) is 14.9. The Morgan fingerprint density at radius 2 is 2.27 bits per heavy atom. The maximum atomic E-state index is 12.4. The van der Waals surface area contributed by atoms with Crippen LogP contribution in [0, 0.1) is 5.92 Å². The first kappa shape index (κ1) is 16.8. The summed E-state index contributed by atoms with van der Waals surface area (Å²) >= 11 is 0. The lowest BCUT2D eigenvalue weighted by atomic mass is 9.96. The van der Waals surface area contributed by atoms with Crippen LogP contribution in [0.15, 0.2) is 30.9 Å². The van der Waals surface area contributed by atoms with Gasteiger partial charge in [-0.2, -0.15) is 5.10 Å². The van der Waals surface area contributed by atoms with E-state index < -0.39 is 0 Å². The lowest BCUT2D eigenvalue weighted by molar-refractivity contribution is -0.0598. The number of hydrogen-bond acceptors (Lipinski definition) is 5. The van der Waals surface area contributed by atoms with E-state index in [2.05, 4.69) is 22.0 Å². The molecule has 0 aliphatic carbocycles. The van der Waals surface area contributed by atoms with Crippen LogP contribution < -0.4 is 0 Å². The van der Waals surface area contributed by atoms with Gasteiger partial charge in [0, 0.05) is 41.0 Å². The molecule has 1 aliphatic rings. The number of nitrogens with zero attached hydrogens (tertiary/aromatic N) is 3. The number of esters is 1. The predicted octanol–water partition coefficient (Wildman–Crippen LogP) is 3.20. The maximum absolute atomic E-state index is 12.4. The minimum atomic E-state index is -0.370. The Labute approximate surface area is 151 Å². The van der Waals surface area contributed by atoms with Crippen molar-refractivity contribution < 1.29 is 14.3 Å². The summed E-state index contributed by atoms with van der Waals surface area (Å²) in [5.41, 5.74) is 2.89. The molecule has 3 aromatic rings. The highest BCUT2D eigenvalue weighted by Gasteiger charge is 2.29. The molecule has 0 bridgehead atoms. The molecule has 4 heterocycles. The van der Waals surface area contributed by atoms with Crippen LogP contribution in [0.2, 0.25) is 0 Å². The molecule has 136 valence electrons. The number of carbonyl (C=O) groups is 1. The van der Waals surface area contributed by atoms with E-state index in [0.717, 1.165) is 41.8 Å². The number of ether oxygens (including phenoxy) is 2. The van der Waals surface area contributed by atoms with Crippen molar-refractivity contribution in [2.24, 2.45) is 5.92 Å². The highest BCUT2D eigenvalue weighted by molar-refractivity contribution is 6.06. The van der Waals surface area contributed by atoms with Gasteiger partial charge in [-0.3, -0.25) is 4.68 Å². The van der Waals surface area contributed by atoms with E-state index in [4.69, 9.17) is 9.47 Å². The summed E-state index contributed by atoms with van der Waals surface area (Å²) in [6, 6.07) is 2.22. The van der Waals surface area contributed by atoms with E-state index in [1.165, 1.54) is 0 Å². The Bertz CT molecular complexity index is 926. The normalized spacial score (nSPS) is 15.8. The van der Waals surface area contributed by atoms with Crippen molar-refractivity contribution in [3.8, 4) is 11.1 Å². The third-order valence-electron chi connectivity index (χ3n) is 4.94. The number of rotatable bonds is 6. The molecule has 0 spiro atoms. The zero-order chi connectivity index (χ0) is 18.1. The largest absolute Gasteiger partial charge is 0.462 e. The van der Waals surface area contributed by atoms with Crippen molar-refractivity contribution in [1.29, 1.82) is 0 Å². The van der Waals surface area contributed by atoms with Crippen LogP contribution in [0.25, 0.3) is 22.2 Å². The number of fused-ring (bicyclic) bond motifs is 1. The van der Waals surface area contributed by atoms with Crippen LogP contribution in [-0.4, -0.2) is 45.5 Å². The van der Waals surface area contributed by atoms with E-state index in [-0.39, 0.29) is 5.97 Å². The molecule has 26 heavy (non-hydrogen) atoms. The molecular weight excluding hydrogens is 332 g/mol. The van der Waals surface area contributed by atoms with Crippen molar-refractivity contribution in [1.82, 2.24) is 19.7 Å². The van der Waals surface area contributed by atoms with Crippen LogP contribution in [0.5, 0.6) is 0 Å². The molecule has 4 rings (SSSR count). The lowest BCUT2D eigenvalue weighted by Crippen LogP contribution is -2.35. The van der Waals surface area contributed by atoms with E-state index in [9.17, 15) is 4.79 Å². The quantitative estimate of drug-likeness (QED) is 0.688. The molecule has 1 fully saturated rings. The lowest BCUT2D eigenvalue weighted by Gasteiger charge is -2.33. The second kappa shape index (κ2) is 6.92. The first-order valence-electron chi connectivity index (χ1n) is 8.98.